The van der Waals surface area contributed by atoms with Crippen molar-refractivity contribution in [2.75, 3.05) is 14.2 Å². The largest absolute Gasteiger partial charge is 0.496 e. The van der Waals surface area contributed by atoms with Crippen molar-refractivity contribution in [1.82, 2.24) is 4.90 Å². The molecule has 0 aliphatic rings. The standard InChI is InChI=1S/C19H21BrClNO4S/c1-19(2,27(24,25)16-8-5-14(20)6-9-16)18(23)22(3)12-13-11-15(21)7-10-17(13)26-4/h5-11H,12H2,1-4H3. The van der Waals surface area contributed by atoms with Crippen molar-refractivity contribution in [3.63, 3.8) is 0 Å². The lowest BCUT2D eigenvalue weighted by molar-refractivity contribution is -0.132. The van der Waals surface area contributed by atoms with Gasteiger partial charge in [0.1, 0.15) is 10.5 Å². The fourth-order valence-electron chi connectivity index (χ4n) is 2.68. The number of ether oxygens (including phenoxy) is 1. The highest BCUT2D eigenvalue weighted by atomic mass is 79.9. The highest BCUT2D eigenvalue weighted by Crippen LogP contribution is 2.30. The fraction of sp³-hybridized carbons (Fsp3) is 0.316. The summed E-state index contributed by atoms with van der Waals surface area (Å²) >= 11 is 9.31. The van der Waals surface area contributed by atoms with Crippen LogP contribution in [0, 0.1) is 0 Å². The van der Waals surface area contributed by atoms with E-state index in [1.807, 2.05) is 0 Å². The predicted molar refractivity (Wildman–Crippen MR) is 110 cm³/mol. The van der Waals surface area contributed by atoms with Crippen molar-refractivity contribution in [2.45, 2.75) is 30.0 Å². The topological polar surface area (TPSA) is 63.7 Å². The fourth-order valence-corrected chi connectivity index (χ4v) is 4.61. The van der Waals surface area contributed by atoms with E-state index in [9.17, 15) is 13.2 Å². The maximum atomic E-state index is 13.0. The first kappa shape index (κ1) is 21.7. The van der Waals surface area contributed by atoms with E-state index in [0.29, 0.717) is 16.3 Å². The number of nitrogens with zero attached hydrogens (tertiary/aromatic N) is 1. The third-order valence-corrected chi connectivity index (χ3v) is 7.48. The SMILES string of the molecule is COc1ccc(Cl)cc1CN(C)C(=O)C(C)(C)S(=O)(=O)c1ccc(Br)cc1. The monoisotopic (exact) mass is 473 g/mol. The van der Waals surface area contributed by atoms with Gasteiger partial charge in [-0.2, -0.15) is 0 Å². The van der Waals surface area contributed by atoms with Crippen LogP contribution in [0.5, 0.6) is 5.75 Å². The molecule has 0 unspecified atom stereocenters. The van der Waals surface area contributed by atoms with Crippen LogP contribution in [-0.4, -0.2) is 38.1 Å². The number of benzene rings is 2. The van der Waals surface area contributed by atoms with Gasteiger partial charge in [-0.3, -0.25) is 4.79 Å². The Morgan fingerprint density at radius 1 is 1.19 bits per heavy atom. The highest BCUT2D eigenvalue weighted by molar-refractivity contribution is 9.10. The van der Waals surface area contributed by atoms with E-state index in [4.69, 9.17) is 16.3 Å². The van der Waals surface area contributed by atoms with Gasteiger partial charge in [-0.05, 0) is 56.3 Å². The minimum atomic E-state index is -3.89. The van der Waals surface area contributed by atoms with Gasteiger partial charge >= 0.3 is 0 Å². The van der Waals surface area contributed by atoms with Crippen LogP contribution in [-0.2, 0) is 21.2 Å². The van der Waals surface area contributed by atoms with Crippen molar-refractivity contribution in [2.24, 2.45) is 0 Å². The number of carbonyl (C=O) groups is 1. The third-order valence-electron chi connectivity index (χ3n) is 4.31. The summed E-state index contributed by atoms with van der Waals surface area (Å²) < 4.78 is 30.5. The minimum Gasteiger partial charge on any atom is -0.496 e. The van der Waals surface area contributed by atoms with Gasteiger partial charge in [0, 0.05) is 28.7 Å². The third kappa shape index (κ3) is 4.47. The van der Waals surface area contributed by atoms with Crippen molar-refractivity contribution < 1.29 is 17.9 Å². The Labute approximate surface area is 173 Å². The lowest BCUT2D eigenvalue weighted by Gasteiger charge is -2.29. The van der Waals surface area contributed by atoms with Gasteiger partial charge < -0.3 is 9.64 Å². The number of amides is 1. The lowest BCUT2D eigenvalue weighted by Crippen LogP contribution is -2.48. The average Bonchev–Trinajstić information content (AvgIpc) is 2.61. The molecule has 5 nitrogen and oxygen atoms in total. The average molecular weight is 475 g/mol. The van der Waals surface area contributed by atoms with Crippen molar-refractivity contribution >= 4 is 43.3 Å². The van der Waals surface area contributed by atoms with Crippen molar-refractivity contribution in [3.8, 4) is 5.75 Å². The minimum absolute atomic E-state index is 0.0952. The first-order chi connectivity index (χ1) is 12.5. The molecule has 0 radical (unpaired) electrons. The first-order valence-corrected chi connectivity index (χ1v) is 10.7. The quantitative estimate of drug-likeness (QED) is 0.625. The van der Waals surface area contributed by atoms with E-state index in [2.05, 4.69) is 15.9 Å². The molecule has 2 rings (SSSR count). The Morgan fingerprint density at radius 3 is 2.33 bits per heavy atom. The normalized spacial score (nSPS) is 11.9. The van der Waals surface area contributed by atoms with Crippen LogP contribution < -0.4 is 4.74 Å². The molecule has 0 aliphatic heterocycles. The Bertz CT molecular complexity index is 943. The van der Waals surface area contributed by atoms with E-state index in [1.54, 1.807) is 37.4 Å². The Morgan fingerprint density at radius 2 is 1.78 bits per heavy atom. The summed E-state index contributed by atoms with van der Waals surface area (Å²) in [6.07, 6.45) is 0. The van der Waals surface area contributed by atoms with Crippen LogP contribution in [0.4, 0.5) is 0 Å². The zero-order valence-electron chi connectivity index (χ0n) is 15.5. The van der Waals surface area contributed by atoms with Gasteiger partial charge in [0.15, 0.2) is 9.84 Å². The number of methoxy groups -OCH3 is 1. The number of hydrogen-bond acceptors (Lipinski definition) is 4. The van der Waals surface area contributed by atoms with Crippen LogP contribution in [0.3, 0.4) is 0 Å². The number of rotatable bonds is 6. The Kier molecular flexibility index (Phi) is 6.60. The summed E-state index contributed by atoms with van der Waals surface area (Å²) in [7, 11) is -0.804. The van der Waals surface area contributed by atoms with Crippen LogP contribution in [0.2, 0.25) is 5.02 Å². The molecule has 1 amide bonds. The lowest BCUT2D eigenvalue weighted by atomic mass is 10.1. The summed E-state index contributed by atoms with van der Waals surface area (Å²) in [5.74, 6) is 0.0556. The van der Waals surface area contributed by atoms with Crippen LogP contribution in [0.1, 0.15) is 19.4 Å². The molecule has 0 fully saturated rings. The molecule has 0 spiro atoms. The summed E-state index contributed by atoms with van der Waals surface area (Å²) in [6.45, 7) is 3.00. The molecule has 0 saturated heterocycles. The molecule has 146 valence electrons. The first-order valence-electron chi connectivity index (χ1n) is 8.09. The van der Waals surface area contributed by atoms with Crippen LogP contribution in [0.15, 0.2) is 51.8 Å². The van der Waals surface area contributed by atoms with E-state index in [-0.39, 0.29) is 11.4 Å². The second-order valence-corrected chi connectivity index (χ2v) is 10.4. The predicted octanol–water partition coefficient (Wildman–Crippen LogP) is 4.32. The molecule has 0 saturated carbocycles. The molecule has 0 aromatic heterocycles. The summed E-state index contributed by atoms with van der Waals surface area (Å²) in [5, 5.41) is 0.508. The number of sulfone groups is 1. The van der Waals surface area contributed by atoms with E-state index < -0.39 is 20.5 Å². The van der Waals surface area contributed by atoms with Gasteiger partial charge in [0.05, 0.1) is 12.0 Å². The Balaban J connectivity index is 2.32. The molecular weight excluding hydrogens is 454 g/mol. The summed E-state index contributed by atoms with van der Waals surface area (Å²) in [4.78, 5) is 14.5. The number of halogens is 2. The number of carbonyl (C=O) groups excluding carboxylic acids is 1. The van der Waals surface area contributed by atoms with Gasteiger partial charge in [-0.1, -0.05) is 27.5 Å². The van der Waals surface area contributed by atoms with E-state index in [1.165, 1.54) is 38.0 Å². The van der Waals surface area contributed by atoms with Crippen LogP contribution in [0.25, 0.3) is 0 Å². The van der Waals surface area contributed by atoms with Gasteiger partial charge in [-0.15, -0.1) is 0 Å². The van der Waals surface area contributed by atoms with Crippen LogP contribution >= 0.6 is 27.5 Å². The second-order valence-electron chi connectivity index (χ2n) is 6.59. The Hall–Kier alpha value is -1.57. The molecule has 8 heteroatoms. The molecule has 2 aromatic rings. The molecule has 27 heavy (non-hydrogen) atoms. The molecular formula is C19H21BrClNO4S. The van der Waals surface area contributed by atoms with Gasteiger partial charge in [-0.25, -0.2) is 8.42 Å². The second kappa shape index (κ2) is 8.20. The molecule has 0 atom stereocenters. The molecule has 0 bridgehead atoms. The molecule has 2 aromatic carbocycles. The molecule has 0 heterocycles. The zero-order valence-corrected chi connectivity index (χ0v) is 18.7. The van der Waals surface area contributed by atoms with E-state index >= 15 is 0 Å². The van der Waals surface area contributed by atoms with E-state index in [0.717, 1.165) is 4.47 Å². The zero-order chi connectivity index (χ0) is 20.4. The maximum Gasteiger partial charge on any atom is 0.243 e. The van der Waals surface area contributed by atoms with Gasteiger partial charge in [0.25, 0.3) is 0 Å². The van der Waals surface area contributed by atoms with Crippen molar-refractivity contribution in [1.29, 1.82) is 0 Å². The maximum absolute atomic E-state index is 13.0. The number of hydrogen-bond donors (Lipinski definition) is 0. The molecule has 0 N–H and O–H groups in total. The van der Waals surface area contributed by atoms with Crippen molar-refractivity contribution in [3.05, 3.63) is 57.5 Å². The summed E-state index contributed by atoms with van der Waals surface area (Å²) in [5.41, 5.74) is 0.692. The van der Waals surface area contributed by atoms with Gasteiger partial charge in [0.2, 0.25) is 5.91 Å². The molecule has 0 aliphatic carbocycles. The highest BCUT2D eigenvalue weighted by Gasteiger charge is 2.44. The smallest absolute Gasteiger partial charge is 0.243 e. The summed E-state index contributed by atoms with van der Waals surface area (Å²) in [6, 6.07) is 11.3.